The molecule has 1 aliphatic heterocycles. The van der Waals surface area contributed by atoms with Crippen LogP contribution in [0, 0.1) is 0 Å². The number of hydrogen-bond donors (Lipinski definition) is 1. The molecule has 0 saturated heterocycles. The summed E-state index contributed by atoms with van der Waals surface area (Å²) >= 11 is 0. The number of amides is 1. The minimum absolute atomic E-state index is 0.210. The molecule has 1 aliphatic rings. The number of ether oxygens (including phenoxy) is 2. The van der Waals surface area contributed by atoms with Crippen molar-refractivity contribution in [1.82, 2.24) is 14.7 Å². The van der Waals surface area contributed by atoms with Crippen LogP contribution in [0.3, 0.4) is 0 Å². The van der Waals surface area contributed by atoms with Gasteiger partial charge >= 0.3 is 12.2 Å². The number of hydrogen-bond acceptors (Lipinski definition) is 6. The number of fused-ring (bicyclic) bond motifs is 1. The first-order chi connectivity index (χ1) is 10.1. The Morgan fingerprint density at radius 2 is 1.86 bits per heavy atom. The average molecular weight is 310 g/mol. The third-order valence-electron chi connectivity index (χ3n) is 2.97. The van der Waals surface area contributed by atoms with E-state index in [4.69, 9.17) is 15.2 Å². The second kappa shape index (κ2) is 5.51. The lowest BCUT2D eigenvalue weighted by atomic mass is 10.2. The molecule has 0 radical (unpaired) electrons. The summed E-state index contributed by atoms with van der Waals surface area (Å²) in [7, 11) is 0. The third kappa shape index (κ3) is 3.32. The standard InChI is InChI=1S/C14H22N4O4/c1-8(2)21-13(20)18-10-7-17(6-9(10)11(15)16-18)12(19)22-14(3,4)5/h8H,6-7H2,1-5H3,(H2,15,16). The Balaban J connectivity index is 2.17. The van der Waals surface area contributed by atoms with Crippen molar-refractivity contribution in [3.8, 4) is 0 Å². The zero-order chi connectivity index (χ0) is 16.7. The number of carbonyl (C=O) groups excluding carboxylic acids is 2. The van der Waals surface area contributed by atoms with Gasteiger partial charge in [-0.1, -0.05) is 0 Å². The Bertz CT molecular complexity index is 601. The fraction of sp³-hybridized carbons (Fsp3) is 0.643. The molecule has 2 rings (SSSR count). The summed E-state index contributed by atoms with van der Waals surface area (Å²) in [5.74, 6) is 0.224. The monoisotopic (exact) mass is 310 g/mol. The highest BCUT2D eigenvalue weighted by Crippen LogP contribution is 2.29. The summed E-state index contributed by atoms with van der Waals surface area (Å²) in [6, 6.07) is 0. The maximum absolute atomic E-state index is 12.1. The number of nitrogens with zero attached hydrogens (tertiary/aromatic N) is 3. The number of rotatable bonds is 1. The molecule has 0 saturated carbocycles. The fourth-order valence-electron chi connectivity index (χ4n) is 2.12. The van der Waals surface area contributed by atoms with Gasteiger partial charge in [-0.2, -0.15) is 4.68 Å². The molecule has 0 atom stereocenters. The Kier molecular flexibility index (Phi) is 4.04. The molecule has 1 aromatic rings. The van der Waals surface area contributed by atoms with Crippen LogP contribution in [-0.2, 0) is 22.6 Å². The van der Waals surface area contributed by atoms with Crippen molar-refractivity contribution in [1.29, 1.82) is 0 Å². The van der Waals surface area contributed by atoms with Crippen molar-refractivity contribution in [2.45, 2.75) is 59.4 Å². The molecule has 2 N–H and O–H groups in total. The highest BCUT2D eigenvalue weighted by molar-refractivity contribution is 5.74. The summed E-state index contributed by atoms with van der Waals surface area (Å²) in [6.45, 7) is 9.36. The SMILES string of the molecule is CC(C)OC(=O)n1nc(N)c2c1CN(C(=O)OC(C)(C)C)C2. The minimum atomic E-state index is -0.603. The molecule has 8 nitrogen and oxygen atoms in total. The van der Waals surface area contributed by atoms with Crippen molar-refractivity contribution < 1.29 is 19.1 Å². The molecule has 0 aromatic carbocycles. The van der Waals surface area contributed by atoms with Gasteiger partial charge in [0.2, 0.25) is 0 Å². The molecule has 122 valence electrons. The van der Waals surface area contributed by atoms with Crippen LogP contribution in [0.15, 0.2) is 0 Å². The maximum Gasteiger partial charge on any atom is 0.435 e. The largest absolute Gasteiger partial charge is 0.445 e. The van der Waals surface area contributed by atoms with E-state index in [9.17, 15) is 9.59 Å². The summed E-state index contributed by atoms with van der Waals surface area (Å²) in [4.78, 5) is 25.6. The lowest BCUT2D eigenvalue weighted by Gasteiger charge is -2.24. The molecule has 0 bridgehead atoms. The van der Waals surface area contributed by atoms with Crippen LogP contribution in [0.4, 0.5) is 15.4 Å². The van der Waals surface area contributed by atoms with E-state index in [2.05, 4.69) is 5.10 Å². The first kappa shape index (κ1) is 16.1. The number of aromatic nitrogens is 2. The summed E-state index contributed by atoms with van der Waals surface area (Å²) < 4.78 is 11.6. The molecule has 2 heterocycles. The van der Waals surface area contributed by atoms with E-state index < -0.39 is 17.8 Å². The Hall–Kier alpha value is -2.25. The van der Waals surface area contributed by atoms with E-state index >= 15 is 0 Å². The lowest BCUT2D eigenvalue weighted by Crippen LogP contribution is -2.34. The van der Waals surface area contributed by atoms with Gasteiger partial charge in [-0.3, -0.25) is 4.90 Å². The summed E-state index contributed by atoms with van der Waals surface area (Å²) in [5.41, 5.74) is 6.47. The predicted molar refractivity (Wildman–Crippen MR) is 79.1 cm³/mol. The van der Waals surface area contributed by atoms with E-state index in [1.54, 1.807) is 34.6 Å². The number of nitrogens with two attached hydrogens (primary N) is 1. The van der Waals surface area contributed by atoms with E-state index in [-0.39, 0.29) is 25.0 Å². The van der Waals surface area contributed by atoms with Crippen LogP contribution in [0.5, 0.6) is 0 Å². The van der Waals surface area contributed by atoms with Crippen LogP contribution < -0.4 is 5.73 Å². The Labute approximate surface area is 129 Å². The van der Waals surface area contributed by atoms with Gasteiger partial charge in [0.15, 0.2) is 5.82 Å². The van der Waals surface area contributed by atoms with Gasteiger partial charge in [0.25, 0.3) is 0 Å². The Morgan fingerprint density at radius 1 is 1.23 bits per heavy atom. The average Bonchev–Trinajstić information content (AvgIpc) is 2.87. The summed E-state index contributed by atoms with van der Waals surface area (Å²) in [5, 5.41) is 3.99. The molecular formula is C14H22N4O4. The summed E-state index contributed by atoms with van der Waals surface area (Å²) in [6.07, 6.45) is -1.32. The normalized spacial score (nSPS) is 14.2. The van der Waals surface area contributed by atoms with Gasteiger partial charge in [-0.05, 0) is 34.6 Å². The topological polar surface area (TPSA) is 99.7 Å². The number of carbonyl (C=O) groups is 2. The van der Waals surface area contributed by atoms with Crippen LogP contribution in [-0.4, -0.2) is 38.6 Å². The molecule has 1 aromatic heterocycles. The zero-order valence-corrected chi connectivity index (χ0v) is 13.5. The zero-order valence-electron chi connectivity index (χ0n) is 13.5. The Morgan fingerprint density at radius 3 is 2.41 bits per heavy atom. The van der Waals surface area contributed by atoms with Gasteiger partial charge in [-0.25, -0.2) is 9.59 Å². The second-order valence-corrected chi connectivity index (χ2v) is 6.49. The predicted octanol–water partition coefficient (Wildman–Crippen LogP) is 2.11. The van der Waals surface area contributed by atoms with Crippen LogP contribution >= 0.6 is 0 Å². The second-order valence-electron chi connectivity index (χ2n) is 6.49. The first-order valence-corrected chi connectivity index (χ1v) is 7.13. The molecule has 1 amide bonds. The van der Waals surface area contributed by atoms with E-state index in [1.807, 2.05) is 0 Å². The van der Waals surface area contributed by atoms with E-state index in [1.165, 1.54) is 4.90 Å². The quantitative estimate of drug-likeness (QED) is 0.852. The minimum Gasteiger partial charge on any atom is -0.445 e. The van der Waals surface area contributed by atoms with Crippen molar-refractivity contribution in [3.05, 3.63) is 11.3 Å². The van der Waals surface area contributed by atoms with Crippen LogP contribution in [0.25, 0.3) is 0 Å². The highest BCUT2D eigenvalue weighted by atomic mass is 16.6. The number of anilines is 1. The van der Waals surface area contributed by atoms with Crippen molar-refractivity contribution in [3.63, 3.8) is 0 Å². The highest BCUT2D eigenvalue weighted by Gasteiger charge is 2.34. The fourth-order valence-corrected chi connectivity index (χ4v) is 2.12. The molecule has 22 heavy (non-hydrogen) atoms. The lowest BCUT2D eigenvalue weighted by molar-refractivity contribution is 0.0237. The van der Waals surface area contributed by atoms with E-state index in [0.29, 0.717) is 11.3 Å². The third-order valence-corrected chi connectivity index (χ3v) is 2.97. The van der Waals surface area contributed by atoms with Gasteiger partial charge in [-0.15, -0.1) is 5.10 Å². The van der Waals surface area contributed by atoms with Crippen LogP contribution in [0.1, 0.15) is 45.9 Å². The molecule has 0 spiro atoms. The van der Waals surface area contributed by atoms with Gasteiger partial charge in [0, 0.05) is 5.56 Å². The van der Waals surface area contributed by atoms with Gasteiger partial charge < -0.3 is 15.2 Å². The first-order valence-electron chi connectivity index (χ1n) is 7.13. The van der Waals surface area contributed by atoms with E-state index in [0.717, 1.165) is 4.68 Å². The van der Waals surface area contributed by atoms with Crippen molar-refractivity contribution in [2.75, 3.05) is 5.73 Å². The van der Waals surface area contributed by atoms with Crippen molar-refractivity contribution in [2.24, 2.45) is 0 Å². The molecule has 0 aliphatic carbocycles. The molecule has 8 heteroatoms. The smallest absolute Gasteiger partial charge is 0.435 e. The van der Waals surface area contributed by atoms with Crippen LogP contribution in [0.2, 0.25) is 0 Å². The molecule has 0 fully saturated rings. The number of nitrogen functional groups attached to an aromatic ring is 1. The van der Waals surface area contributed by atoms with Gasteiger partial charge in [0.05, 0.1) is 24.9 Å². The molecule has 0 unspecified atom stereocenters. The maximum atomic E-state index is 12.1. The molecular weight excluding hydrogens is 288 g/mol. The van der Waals surface area contributed by atoms with Crippen molar-refractivity contribution >= 4 is 18.0 Å². The van der Waals surface area contributed by atoms with Gasteiger partial charge in [0.1, 0.15) is 5.60 Å².